The second-order valence-electron chi connectivity index (χ2n) is 5.16. The first kappa shape index (κ1) is 15.6. The molecule has 5 N–H and O–H groups in total. The van der Waals surface area contributed by atoms with Crippen LogP contribution >= 0.6 is 0 Å². The van der Waals surface area contributed by atoms with Gasteiger partial charge in [-0.05, 0) is 36.4 Å². The lowest BCUT2D eigenvalue weighted by molar-refractivity contribution is 0.251. The van der Waals surface area contributed by atoms with Crippen molar-refractivity contribution < 1.29 is 13.9 Å². The first-order chi connectivity index (χ1) is 11.7. The van der Waals surface area contributed by atoms with Crippen LogP contribution in [0.3, 0.4) is 0 Å². The number of nitrogens with zero attached hydrogens (tertiary/aromatic N) is 1. The molecule has 0 atom stereocenters. The van der Waals surface area contributed by atoms with E-state index in [4.69, 9.17) is 25.4 Å². The average molecular weight is 323 g/mol. The molecule has 0 fully saturated rings. The molecule has 4 rings (SSSR count). The van der Waals surface area contributed by atoms with E-state index in [2.05, 4.69) is 4.98 Å². The molecule has 2 aromatic heterocycles. The maximum Gasteiger partial charge on any atom is 0.181 e. The number of benzene rings is 2. The van der Waals surface area contributed by atoms with Crippen LogP contribution < -0.4 is 11.5 Å². The Hall–Kier alpha value is -3.25. The summed E-state index contributed by atoms with van der Waals surface area (Å²) in [6.45, 7) is -0.0748. The van der Waals surface area contributed by atoms with Crippen LogP contribution in [0.15, 0.2) is 70.0 Å². The van der Waals surface area contributed by atoms with Crippen molar-refractivity contribution in [2.24, 2.45) is 0 Å². The van der Waals surface area contributed by atoms with Gasteiger partial charge in [0.25, 0.3) is 0 Å². The zero-order valence-electron chi connectivity index (χ0n) is 12.8. The Labute approximate surface area is 138 Å². The summed E-state index contributed by atoms with van der Waals surface area (Å²) in [5.41, 5.74) is 14.3. The third-order valence-corrected chi connectivity index (χ3v) is 3.35. The zero-order chi connectivity index (χ0) is 16.9. The molecular formula is C18H17N3O3. The molecule has 0 saturated carbocycles. The number of aliphatic hydroxyl groups is 1. The maximum atomic E-state index is 8.78. The number of nitrogen functional groups attached to an aromatic ring is 2. The van der Waals surface area contributed by atoms with Crippen LogP contribution in [-0.2, 0) is 6.61 Å². The molecule has 6 heteroatoms. The first-order valence-corrected chi connectivity index (χ1v) is 7.29. The highest BCUT2D eigenvalue weighted by Gasteiger charge is 2.01. The van der Waals surface area contributed by atoms with Crippen molar-refractivity contribution in [3.05, 3.63) is 66.9 Å². The van der Waals surface area contributed by atoms with Crippen LogP contribution in [0.25, 0.3) is 22.3 Å². The number of hydrogen-bond donors (Lipinski definition) is 3. The number of nitrogens with two attached hydrogens (primary N) is 2. The van der Waals surface area contributed by atoms with Gasteiger partial charge in [0.05, 0.1) is 6.20 Å². The van der Waals surface area contributed by atoms with Gasteiger partial charge in [0.2, 0.25) is 0 Å². The predicted octanol–water partition coefficient (Wildman–Crippen LogP) is 3.43. The molecule has 0 saturated heterocycles. The van der Waals surface area contributed by atoms with Gasteiger partial charge in [-0.25, -0.2) is 4.98 Å². The van der Waals surface area contributed by atoms with Crippen LogP contribution in [0.1, 0.15) is 5.76 Å². The van der Waals surface area contributed by atoms with Gasteiger partial charge < -0.3 is 25.4 Å². The molecule has 24 heavy (non-hydrogen) atoms. The number of oxazole rings is 1. The minimum atomic E-state index is -0.0748. The van der Waals surface area contributed by atoms with Gasteiger partial charge >= 0.3 is 0 Å². The third kappa shape index (κ3) is 3.56. The number of anilines is 2. The standard InChI is InChI=1S/C9H8N2O.C9H9NO2/c10-8-3-1-2-7(4-8)9-5-11-6-12-9;10-7-1-2-9-6(3-7)4-8(5-11)12-9/h1-6H,10H2;1-4,11H,5,10H2. The Morgan fingerprint density at radius 2 is 1.83 bits per heavy atom. The minimum Gasteiger partial charge on any atom is -0.459 e. The third-order valence-electron chi connectivity index (χ3n) is 3.35. The van der Waals surface area contributed by atoms with Gasteiger partial charge in [0.1, 0.15) is 18.0 Å². The van der Waals surface area contributed by atoms with E-state index in [0.29, 0.717) is 11.4 Å². The highest BCUT2D eigenvalue weighted by Crippen LogP contribution is 2.21. The van der Waals surface area contributed by atoms with E-state index in [1.807, 2.05) is 30.3 Å². The summed E-state index contributed by atoms with van der Waals surface area (Å²) in [6, 6.07) is 14.7. The van der Waals surface area contributed by atoms with Crippen molar-refractivity contribution in [2.75, 3.05) is 11.5 Å². The van der Waals surface area contributed by atoms with Gasteiger partial charge in [-0.2, -0.15) is 0 Å². The Kier molecular flexibility index (Phi) is 4.49. The monoisotopic (exact) mass is 323 g/mol. The predicted molar refractivity (Wildman–Crippen MR) is 92.9 cm³/mol. The van der Waals surface area contributed by atoms with Crippen molar-refractivity contribution in [3.8, 4) is 11.3 Å². The van der Waals surface area contributed by atoms with Gasteiger partial charge in [-0.1, -0.05) is 12.1 Å². The van der Waals surface area contributed by atoms with E-state index >= 15 is 0 Å². The van der Waals surface area contributed by atoms with E-state index in [0.717, 1.165) is 28.0 Å². The average Bonchev–Trinajstić information content (AvgIpc) is 3.24. The number of furan rings is 1. The van der Waals surface area contributed by atoms with Crippen LogP contribution in [0, 0.1) is 0 Å². The van der Waals surface area contributed by atoms with Crippen LogP contribution in [-0.4, -0.2) is 10.1 Å². The first-order valence-electron chi connectivity index (χ1n) is 7.29. The largest absolute Gasteiger partial charge is 0.459 e. The highest BCUT2D eigenvalue weighted by atomic mass is 16.4. The summed E-state index contributed by atoms with van der Waals surface area (Å²) < 4.78 is 10.4. The smallest absolute Gasteiger partial charge is 0.181 e. The van der Waals surface area contributed by atoms with Gasteiger partial charge in [0, 0.05) is 22.3 Å². The SMILES string of the molecule is Nc1ccc2oc(CO)cc2c1.Nc1cccc(-c2cnco2)c1. The molecule has 0 bridgehead atoms. The molecule has 0 amide bonds. The Balaban J connectivity index is 0.000000141. The second kappa shape index (κ2) is 6.89. The number of aliphatic hydroxyl groups excluding tert-OH is 1. The summed E-state index contributed by atoms with van der Waals surface area (Å²) >= 11 is 0. The fraction of sp³-hybridized carbons (Fsp3) is 0.0556. The van der Waals surface area contributed by atoms with Crippen LogP contribution in [0.2, 0.25) is 0 Å². The van der Waals surface area contributed by atoms with E-state index in [1.54, 1.807) is 24.4 Å². The fourth-order valence-corrected chi connectivity index (χ4v) is 2.25. The molecule has 0 aliphatic rings. The van der Waals surface area contributed by atoms with Crippen molar-refractivity contribution in [1.29, 1.82) is 0 Å². The van der Waals surface area contributed by atoms with Crippen molar-refractivity contribution >= 4 is 22.3 Å². The van der Waals surface area contributed by atoms with Crippen LogP contribution in [0.4, 0.5) is 11.4 Å². The van der Waals surface area contributed by atoms with Crippen molar-refractivity contribution in [3.63, 3.8) is 0 Å². The summed E-state index contributed by atoms with van der Waals surface area (Å²) in [5.74, 6) is 1.30. The van der Waals surface area contributed by atoms with Crippen LogP contribution in [0.5, 0.6) is 0 Å². The van der Waals surface area contributed by atoms with Gasteiger partial charge in [-0.15, -0.1) is 0 Å². The highest BCUT2D eigenvalue weighted by molar-refractivity contribution is 5.81. The molecule has 0 radical (unpaired) electrons. The molecule has 4 aromatic rings. The Morgan fingerprint density at radius 1 is 1.00 bits per heavy atom. The molecule has 122 valence electrons. The lowest BCUT2D eigenvalue weighted by atomic mass is 10.2. The maximum absolute atomic E-state index is 8.78. The number of fused-ring (bicyclic) bond motifs is 1. The minimum absolute atomic E-state index is 0.0748. The van der Waals surface area contributed by atoms with E-state index < -0.39 is 0 Å². The summed E-state index contributed by atoms with van der Waals surface area (Å²) in [7, 11) is 0. The molecule has 6 nitrogen and oxygen atoms in total. The zero-order valence-corrected chi connectivity index (χ0v) is 12.8. The number of rotatable bonds is 2. The van der Waals surface area contributed by atoms with E-state index in [1.165, 1.54) is 6.39 Å². The van der Waals surface area contributed by atoms with Crippen molar-refractivity contribution in [1.82, 2.24) is 4.98 Å². The summed E-state index contributed by atoms with van der Waals surface area (Å²) in [6.07, 6.45) is 3.06. The van der Waals surface area contributed by atoms with Gasteiger partial charge in [0.15, 0.2) is 12.2 Å². The Bertz CT molecular complexity index is 930. The molecule has 2 aromatic carbocycles. The lowest BCUT2D eigenvalue weighted by Gasteiger charge is -1.96. The quantitative estimate of drug-likeness (QED) is 0.487. The number of aromatic nitrogens is 1. The lowest BCUT2D eigenvalue weighted by Crippen LogP contribution is -1.83. The normalized spacial score (nSPS) is 10.4. The molecule has 0 aliphatic heterocycles. The molecule has 0 unspecified atom stereocenters. The summed E-state index contributed by atoms with van der Waals surface area (Å²) in [4.78, 5) is 3.82. The van der Waals surface area contributed by atoms with E-state index in [9.17, 15) is 0 Å². The second-order valence-corrected chi connectivity index (χ2v) is 5.16. The van der Waals surface area contributed by atoms with Crippen molar-refractivity contribution in [2.45, 2.75) is 6.61 Å². The molecular weight excluding hydrogens is 306 g/mol. The molecule has 0 spiro atoms. The molecule has 0 aliphatic carbocycles. The van der Waals surface area contributed by atoms with E-state index in [-0.39, 0.29) is 6.61 Å². The topological polar surface area (TPSA) is 111 Å². The number of hydrogen-bond acceptors (Lipinski definition) is 6. The van der Waals surface area contributed by atoms with Gasteiger partial charge in [-0.3, -0.25) is 0 Å². The summed E-state index contributed by atoms with van der Waals surface area (Å²) in [5, 5.41) is 9.71. The molecule has 2 heterocycles. The Morgan fingerprint density at radius 3 is 2.54 bits per heavy atom. The fourth-order valence-electron chi connectivity index (χ4n) is 2.25.